The Balaban J connectivity index is 3.36. The van der Waals surface area contributed by atoms with E-state index in [1.54, 1.807) is 7.11 Å². The first-order chi connectivity index (χ1) is 8.96. The van der Waals surface area contributed by atoms with Gasteiger partial charge >= 0.3 is 0 Å². The number of ether oxygens (including phenoxy) is 1. The maximum Gasteiger partial charge on any atom is 0.126 e. The average molecular weight is 260 g/mol. The maximum atomic E-state index is 9.43. The first-order valence-corrected chi connectivity index (χ1v) is 6.68. The summed E-state index contributed by atoms with van der Waals surface area (Å²) in [5.74, 6) is 1.08. The van der Waals surface area contributed by atoms with E-state index in [1.807, 2.05) is 14.0 Å². The molecule has 0 bridgehead atoms. The lowest BCUT2D eigenvalue weighted by molar-refractivity contribution is 0.342. The number of rotatable bonds is 5. The Morgan fingerprint density at radius 2 is 1.89 bits per heavy atom. The molecule has 1 aromatic rings. The zero-order valence-corrected chi connectivity index (χ0v) is 12.7. The van der Waals surface area contributed by atoms with Gasteiger partial charge in [-0.2, -0.15) is 5.26 Å². The van der Waals surface area contributed by atoms with E-state index in [0.29, 0.717) is 0 Å². The zero-order chi connectivity index (χ0) is 14.6. The fourth-order valence-corrected chi connectivity index (χ4v) is 2.63. The van der Waals surface area contributed by atoms with Crippen molar-refractivity contribution in [1.29, 1.82) is 5.26 Å². The largest absolute Gasteiger partial charge is 0.496 e. The first-order valence-electron chi connectivity index (χ1n) is 6.68. The number of hydrogen-bond acceptors (Lipinski definition) is 3. The van der Waals surface area contributed by atoms with Gasteiger partial charge < -0.3 is 10.1 Å². The number of nitriles is 1. The van der Waals surface area contributed by atoms with E-state index in [-0.39, 0.29) is 17.9 Å². The van der Waals surface area contributed by atoms with Crippen molar-refractivity contribution in [2.45, 2.75) is 33.7 Å². The van der Waals surface area contributed by atoms with Crippen LogP contribution in [0.3, 0.4) is 0 Å². The van der Waals surface area contributed by atoms with Crippen LogP contribution in [-0.2, 0) is 0 Å². The van der Waals surface area contributed by atoms with Crippen molar-refractivity contribution >= 4 is 0 Å². The van der Waals surface area contributed by atoms with Crippen molar-refractivity contribution in [1.82, 2.24) is 5.32 Å². The molecule has 0 aliphatic rings. The van der Waals surface area contributed by atoms with Crippen molar-refractivity contribution in [3.8, 4) is 11.8 Å². The van der Waals surface area contributed by atoms with Crippen LogP contribution in [0.25, 0.3) is 0 Å². The molecule has 19 heavy (non-hydrogen) atoms. The Hall–Kier alpha value is -1.53. The van der Waals surface area contributed by atoms with Gasteiger partial charge in [-0.1, -0.05) is 31.5 Å². The third-order valence-electron chi connectivity index (χ3n) is 3.52. The molecule has 0 aromatic heterocycles. The summed E-state index contributed by atoms with van der Waals surface area (Å²) >= 11 is 0. The predicted octanol–water partition coefficient (Wildman–Crippen LogP) is 3.37. The van der Waals surface area contributed by atoms with Gasteiger partial charge in [0, 0.05) is 5.56 Å². The molecule has 1 aromatic carbocycles. The van der Waals surface area contributed by atoms with E-state index < -0.39 is 0 Å². The van der Waals surface area contributed by atoms with Crippen LogP contribution in [0.4, 0.5) is 0 Å². The molecular formula is C16H24N2O. The van der Waals surface area contributed by atoms with Gasteiger partial charge in [0.2, 0.25) is 0 Å². The van der Waals surface area contributed by atoms with E-state index in [9.17, 15) is 5.26 Å². The van der Waals surface area contributed by atoms with E-state index >= 15 is 0 Å². The SMILES string of the molecule is CNC(c1cc(C)cc(C)c1OC)C(C#N)C(C)C. The third-order valence-corrected chi connectivity index (χ3v) is 3.52. The molecular weight excluding hydrogens is 236 g/mol. The van der Waals surface area contributed by atoms with Crippen LogP contribution in [0.5, 0.6) is 5.75 Å². The highest BCUT2D eigenvalue weighted by Crippen LogP contribution is 2.36. The van der Waals surface area contributed by atoms with E-state index in [4.69, 9.17) is 4.74 Å². The topological polar surface area (TPSA) is 45.0 Å². The average Bonchev–Trinajstić information content (AvgIpc) is 2.34. The second-order valence-electron chi connectivity index (χ2n) is 5.37. The summed E-state index contributed by atoms with van der Waals surface area (Å²) in [4.78, 5) is 0. The van der Waals surface area contributed by atoms with Crippen molar-refractivity contribution in [3.63, 3.8) is 0 Å². The number of benzene rings is 1. The summed E-state index contributed by atoms with van der Waals surface area (Å²) in [6, 6.07) is 6.62. The normalized spacial score (nSPS) is 14.0. The van der Waals surface area contributed by atoms with Crippen LogP contribution in [0.1, 0.15) is 36.6 Å². The van der Waals surface area contributed by atoms with Crippen LogP contribution in [0, 0.1) is 37.0 Å². The fourth-order valence-electron chi connectivity index (χ4n) is 2.63. The van der Waals surface area contributed by atoms with Gasteiger partial charge in [0.05, 0.1) is 25.1 Å². The van der Waals surface area contributed by atoms with Crippen molar-refractivity contribution in [2.75, 3.05) is 14.2 Å². The summed E-state index contributed by atoms with van der Waals surface area (Å²) < 4.78 is 5.54. The molecule has 0 heterocycles. The molecule has 104 valence electrons. The van der Waals surface area contributed by atoms with E-state index in [1.165, 1.54) is 5.56 Å². The van der Waals surface area contributed by atoms with E-state index in [0.717, 1.165) is 16.9 Å². The van der Waals surface area contributed by atoms with Crippen LogP contribution in [0.15, 0.2) is 12.1 Å². The van der Waals surface area contributed by atoms with Crippen LogP contribution < -0.4 is 10.1 Å². The summed E-state index contributed by atoms with van der Waals surface area (Å²) in [6.45, 7) is 8.26. The molecule has 3 nitrogen and oxygen atoms in total. The van der Waals surface area contributed by atoms with Gasteiger partial charge in [0.1, 0.15) is 5.75 Å². The van der Waals surface area contributed by atoms with Gasteiger partial charge in [-0.25, -0.2) is 0 Å². The van der Waals surface area contributed by atoms with Gasteiger partial charge in [-0.05, 0) is 32.4 Å². The quantitative estimate of drug-likeness (QED) is 0.883. The lowest BCUT2D eigenvalue weighted by Gasteiger charge is -2.27. The highest BCUT2D eigenvalue weighted by atomic mass is 16.5. The second kappa shape index (κ2) is 6.58. The summed E-state index contributed by atoms with van der Waals surface area (Å²) in [5, 5.41) is 12.7. The smallest absolute Gasteiger partial charge is 0.126 e. The Bertz CT molecular complexity index is 474. The number of nitrogens with zero attached hydrogens (tertiary/aromatic N) is 1. The molecule has 2 atom stereocenters. The minimum Gasteiger partial charge on any atom is -0.496 e. The number of hydrogen-bond donors (Lipinski definition) is 1. The molecule has 0 radical (unpaired) electrons. The molecule has 0 saturated heterocycles. The van der Waals surface area contributed by atoms with Crippen LogP contribution in [0.2, 0.25) is 0 Å². The van der Waals surface area contributed by atoms with Crippen molar-refractivity contribution < 1.29 is 4.74 Å². The van der Waals surface area contributed by atoms with Gasteiger partial charge in [0.25, 0.3) is 0 Å². The Morgan fingerprint density at radius 3 is 2.32 bits per heavy atom. The molecule has 0 spiro atoms. The van der Waals surface area contributed by atoms with Crippen molar-refractivity contribution in [3.05, 3.63) is 28.8 Å². The predicted molar refractivity (Wildman–Crippen MR) is 78.2 cm³/mol. The molecule has 1 N–H and O–H groups in total. The highest BCUT2D eigenvalue weighted by molar-refractivity contribution is 5.46. The van der Waals surface area contributed by atoms with Gasteiger partial charge in [-0.3, -0.25) is 0 Å². The summed E-state index contributed by atoms with van der Waals surface area (Å²) in [6.07, 6.45) is 0. The third kappa shape index (κ3) is 3.27. The minimum atomic E-state index is -0.0832. The lowest BCUT2D eigenvalue weighted by atomic mass is 9.84. The van der Waals surface area contributed by atoms with E-state index in [2.05, 4.69) is 44.3 Å². The lowest BCUT2D eigenvalue weighted by Crippen LogP contribution is -2.28. The second-order valence-corrected chi connectivity index (χ2v) is 5.37. The molecule has 0 aliphatic carbocycles. The minimum absolute atomic E-state index is 0.0152. The highest BCUT2D eigenvalue weighted by Gasteiger charge is 2.27. The number of methoxy groups -OCH3 is 1. The number of nitrogens with one attached hydrogen (secondary N) is 1. The molecule has 2 unspecified atom stereocenters. The summed E-state index contributed by atoms with van der Waals surface area (Å²) in [5.41, 5.74) is 3.37. The molecule has 1 rings (SSSR count). The van der Waals surface area contributed by atoms with Gasteiger partial charge in [-0.15, -0.1) is 0 Å². The number of aryl methyl sites for hydroxylation is 2. The molecule has 0 aliphatic heterocycles. The maximum absolute atomic E-state index is 9.43. The Kier molecular flexibility index (Phi) is 5.38. The molecule has 0 amide bonds. The van der Waals surface area contributed by atoms with Crippen LogP contribution in [-0.4, -0.2) is 14.2 Å². The van der Waals surface area contributed by atoms with Gasteiger partial charge in [0.15, 0.2) is 0 Å². The molecule has 0 fully saturated rings. The fraction of sp³-hybridized carbons (Fsp3) is 0.562. The molecule has 3 heteroatoms. The zero-order valence-electron chi connectivity index (χ0n) is 12.7. The first kappa shape index (κ1) is 15.5. The molecule has 0 saturated carbocycles. The summed E-state index contributed by atoms with van der Waals surface area (Å²) in [7, 11) is 3.58. The Morgan fingerprint density at radius 1 is 1.26 bits per heavy atom. The van der Waals surface area contributed by atoms with Crippen LogP contribution >= 0.6 is 0 Å². The monoisotopic (exact) mass is 260 g/mol. The van der Waals surface area contributed by atoms with Crippen molar-refractivity contribution in [2.24, 2.45) is 11.8 Å². The Labute approximate surface area is 116 Å². The standard InChI is InChI=1S/C16H24N2O/c1-10(2)14(9-17)15(18-5)13-8-11(3)7-12(4)16(13)19-6/h7-8,10,14-15,18H,1-6H3.